The Morgan fingerprint density at radius 3 is 1.50 bits per heavy atom. The first-order valence-corrected chi connectivity index (χ1v) is 12.8. The van der Waals surface area contributed by atoms with Crippen LogP contribution in [0.15, 0.2) is 60.9 Å². The summed E-state index contributed by atoms with van der Waals surface area (Å²) in [5.74, 6) is 0.811. The van der Waals surface area contributed by atoms with E-state index in [9.17, 15) is 0 Å². The van der Waals surface area contributed by atoms with Crippen LogP contribution in [0.3, 0.4) is 0 Å². The summed E-state index contributed by atoms with van der Waals surface area (Å²) in [5.41, 5.74) is 6.27. The molecular weight excluding hydrogens is 388 g/mol. The van der Waals surface area contributed by atoms with Gasteiger partial charge >= 0.3 is 0 Å². The minimum absolute atomic E-state index is 0.811. The first kappa shape index (κ1) is 24.2. The molecule has 0 saturated heterocycles. The average molecular weight is 429 g/mol. The molecule has 1 aromatic heterocycles. The molecule has 0 bridgehead atoms. The summed E-state index contributed by atoms with van der Waals surface area (Å²) in [6.45, 7) is 4.53. The van der Waals surface area contributed by atoms with Crippen molar-refractivity contribution in [3.8, 4) is 22.5 Å². The van der Waals surface area contributed by atoms with Gasteiger partial charge in [0.15, 0.2) is 5.82 Å². The number of rotatable bonds is 14. The zero-order chi connectivity index (χ0) is 22.4. The van der Waals surface area contributed by atoms with Gasteiger partial charge in [0, 0.05) is 18.0 Å². The fourth-order valence-electron chi connectivity index (χ4n) is 4.17. The van der Waals surface area contributed by atoms with E-state index in [0.29, 0.717) is 0 Å². The molecule has 2 heteroatoms. The summed E-state index contributed by atoms with van der Waals surface area (Å²) in [6.07, 6.45) is 19.5. The second-order valence-corrected chi connectivity index (χ2v) is 9.02. The summed E-state index contributed by atoms with van der Waals surface area (Å²) >= 11 is 0. The average Bonchev–Trinajstić information content (AvgIpc) is 2.85. The summed E-state index contributed by atoms with van der Waals surface area (Å²) in [5, 5.41) is 0. The van der Waals surface area contributed by atoms with Crippen LogP contribution in [0, 0.1) is 0 Å². The first-order valence-electron chi connectivity index (χ1n) is 12.8. The van der Waals surface area contributed by atoms with Crippen LogP contribution in [-0.4, -0.2) is 9.97 Å². The molecule has 2 aromatic carbocycles. The largest absolute Gasteiger partial charge is 0.236 e. The van der Waals surface area contributed by atoms with Crippen molar-refractivity contribution < 1.29 is 0 Å². The molecule has 1 heterocycles. The Kier molecular flexibility index (Phi) is 10.4. The van der Waals surface area contributed by atoms with Crippen molar-refractivity contribution in [2.24, 2.45) is 0 Å². The van der Waals surface area contributed by atoms with Gasteiger partial charge in [-0.05, 0) is 47.9 Å². The van der Waals surface area contributed by atoms with Crippen LogP contribution < -0.4 is 0 Å². The Labute approximate surface area is 195 Å². The predicted octanol–water partition coefficient (Wildman–Crippen LogP) is 8.84. The van der Waals surface area contributed by atoms with Crippen LogP contribution in [0.25, 0.3) is 22.5 Å². The molecule has 0 aliphatic rings. The highest BCUT2D eigenvalue weighted by Crippen LogP contribution is 2.24. The van der Waals surface area contributed by atoms with Gasteiger partial charge in [0.1, 0.15) is 0 Å². The highest BCUT2D eigenvalue weighted by Gasteiger charge is 2.04. The van der Waals surface area contributed by atoms with Gasteiger partial charge < -0.3 is 0 Å². The van der Waals surface area contributed by atoms with Gasteiger partial charge in [0.2, 0.25) is 0 Å². The van der Waals surface area contributed by atoms with Crippen LogP contribution in [0.5, 0.6) is 0 Å². The molecule has 0 saturated carbocycles. The van der Waals surface area contributed by atoms with Crippen molar-refractivity contribution in [3.05, 3.63) is 72.1 Å². The molecule has 0 aliphatic heterocycles. The maximum atomic E-state index is 4.62. The summed E-state index contributed by atoms with van der Waals surface area (Å²) in [4.78, 5) is 9.24. The maximum Gasteiger partial charge on any atom is 0.159 e. The highest BCUT2D eigenvalue weighted by atomic mass is 14.9. The van der Waals surface area contributed by atoms with Crippen molar-refractivity contribution in [3.63, 3.8) is 0 Å². The number of hydrogen-bond donors (Lipinski definition) is 0. The Morgan fingerprint density at radius 2 is 0.906 bits per heavy atom. The van der Waals surface area contributed by atoms with Crippen LogP contribution in [0.1, 0.15) is 89.2 Å². The second kappa shape index (κ2) is 13.8. The lowest BCUT2D eigenvalue weighted by Gasteiger charge is -2.07. The van der Waals surface area contributed by atoms with Gasteiger partial charge in [-0.1, -0.05) is 114 Å². The van der Waals surface area contributed by atoms with E-state index >= 15 is 0 Å². The van der Waals surface area contributed by atoms with Gasteiger partial charge in [0.25, 0.3) is 0 Å². The molecule has 0 amide bonds. The van der Waals surface area contributed by atoms with Gasteiger partial charge in [-0.2, -0.15) is 0 Å². The van der Waals surface area contributed by atoms with Gasteiger partial charge in [0.05, 0.1) is 0 Å². The molecule has 3 aromatic rings. The van der Waals surface area contributed by atoms with E-state index in [-0.39, 0.29) is 0 Å². The van der Waals surface area contributed by atoms with Crippen LogP contribution >= 0.6 is 0 Å². The first-order chi connectivity index (χ1) is 15.8. The number of nitrogens with zero attached hydrogens (tertiary/aromatic N) is 2. The minimum Gasteiger partial charge on any atom is -0.236 e. The van der Waals surface area contributed by atoms with E-state index in [1.165, 1.54) is 92.9 Å². The van der Waals surface area contributed by atoms with E-state index in [2.05, 4.69) is 72.3 Å². The topological polar surface area (TPSA) is 25.8 Å². The number of hydrogen-bond acceptors (Lipinski definition) is 2. The minimum atomic E-state index is 0.811. The third-order valence-corrected chi connectivity index (χ3v) is 6.27. The van der Waals surface area contributed by atoms with Crippen LogP contribution in [0.4, 0.5) is 0 Å². The van der Waals surface area contributed by atoms with Gasteiger partial charge in [-0.3, -0.25) is 0 Å². The molecule has 0 fully saturated rings. The third-order valence-electron chi connectivity index (χ3n) is 6.27. The number of aromatic nitrogens is 2. The zero-order valence-electron chi connectivity index (χ0n) is 20.2. The smallest absolute Gasteiger partial charge is 0.159 e. The normalized spacial score (nSPS) is 11.1. The molecule has 170 valence electrons. The Balaban J connectivity index is 1.50. The lowest BCUT2D eigenvalue weighted by Crippen LogP contribution is -1.93. The molecule has 0 atom stereocenters. The molecule has 0 N–H and O–H groups in total. The lowest BCUT2D eigenvalue weighted by molar-refractivity contribution is 0.607. The lowest BCUT2D eigenvalue weighted by atomic mass is 10.00. The standard InChI is InChI=1S/C30H40N2/c1-3-5-7-9-10-12-14-26-23-31-30(32-24-26)29-21-19-28(20-22-29)27-17-15-25(16-18-27)13-11-8-6-4-2/h15-24H,3-14H2,1-2H3. The Bertz CT molecular complexity index is 880. The Morgan fingerprint density at radius 1 is 0.469 bits per heavy atom. The molecule has 0 spiro atoms. The van der Waals surface area contributed by atoms with Gasteiger partial charge in [-0.15, -0.1) is 0 Å². The van der Waals surface area contributed by atoms with Crippen molar-refractivity contribution in [2.75, 3.05) is 0 Å². The van der Waals surface area contributed by atoms with Crippen LogP contribution in [-0.2, 0) is 12.8 Å². The summed E-state index contributed by atoms with van der Waals surface area (Å²) < 4.78 is 0. The second-order valence-electron chi connectivity index (χ2n) is 9.02. The fraction of sp³-hybridized carbons (Fsp3) is 0.467. The molecular formula is C30H40N2. The van der Waals surface area contributed by atoms with E-state index in [0.717, 1.165) is 17.8 Å². The molecule has 3 rings (SSSR count). The van der Waals surface area contributed by atoms with E-state index in [4.69, 9.17) is 0 Å². The van der Waals surface area contributed by atoms with E-state index in [1.807, 2.05) is 12.4 Å². The number of unbranched alkanes of at least 4 members (excludes halogenated alkanes) is 8. The molecule has 0 aliphatic carbocycles. The summed E-state index contributed by atoms with van der Waals surface area (Å²) in [6, 6.07) is 17.7. The van der Waals surface area contributed by atoms with Crippen molar-refractivity contribution in [1.82, 2.24) is 9.97 Å². The fourth-order valence-corrected chi connectivity index (χ4v) is 4.17. The number of aryl methyl sites for hydroxylation is 2. The SMILES string of the molecule is CCCCCCCCc1cnc(-c2ccc(-c3ccc(CCCCCC)cc3)cc2)nc1. The zero-order valence-corrected chi connectivity index (χ0v) is 20.2. The summed E-state index contributed by atoms with van der Waals surface area (Å²) in [7, 11) is 0. The van der Waals surface area contributed by atoms with E-state index < -0.39 is 0 Å². The van der Waals surface area contributed by atoms with Crippen molar-refractivity contribution in [1.29, 1.82) is 0 Å². The molecule has 32 heavy (non-hydrogen) atoms. The van der Waals surface area contributed by atoms with Crippen LogP contribution in [0.2, 0.25) is 0 Å². The van der Waals surface area contributed by atoms with Crippen molar-refractivity contribution in [2.45, 2.75) is 90.9 Å². The maximum absolute atomic E-state index is 4.62. The molecule has 0 radical (unpaired) electrons. The van der Waals surface area contributed by atoms with Crippen molar-refractivity contribution >= 4 is 0 Å². The third kappa shape index (κ3) is 7.89. The quantitative estimate of drug-likeness (QED) is 0.240. The number of benzene rings is 2. The monoisotopic (exact) mass is 428 g/mol. The Hall–Kier alpha value is -2.48. The van der Waals surface area contributed by atoms with Gasteiger partial charge in [-0.25, -0.2) is 9.97 Å². The van der Waals surface area contributed by atoms with E-state index in [1.54, 1.807) is 0 Å². The molecule has 0 unspecified atom stereocenters. The predicted molar refractivity (Wildman–Crippen MR) is 138 cm³/mol. The highest BCUT2D eigenvalue weighted by molar-refractivity contribution is 5.67. The molecule has 2 nitrogen and oxygen atoms in total.